The summed E-state index contributed by atoms with van der Waals surface area (Å²) in [5.74, 6) is -0.900. The molecule has 100 valence electrons. The van der Waals surface area contributed by atoms with Gasteiger partial charge in [-0.15, -0.1) is 0 Å². The first-order valence-corrected chi connectivity index (χ1v) is 6.41. The largest absolute Gasteiger partial charge is 0.478 e. The minimum Gasteiger partial charge on any atom is -0.478 e. The number of thiol groups is 1. The fourth-order valence-corrected chi connectivity index (χ4v) is 2.29. The summed E-state index contributed by atoms with van der Waals surface area (Å²) in [5, 5.41) is 30.0. The second-order valence-electron chi connectivity index (χ2n) is 4.25. The fourth-order valence-electron chi connectivity index (χ4n) is 2.09. The van der Waals surface area contributed by atoms with Crippen LogP contribution in [-0.2, 0) is 0 Å². The Morgan fingerprint density at radius 2 is 1.74 bits per heavy atom. The highest BCUT2D eigenvalue weighted by molar-refractivity contribution is 7.80. The van der Waals surface area contributed by atoms with Gasteiger partial charge >= 0.3 is 5.97 Å². The number of fused-ring (bicyclic) bond motifs is 1. The maximum Gasteiger partial charge on any atom is 0.336 e. The summed E-state index contributed by atoms with van der Waals surface area (Å²) in [6, 6.07) is 9.88. The quantitative estimate of drug-likeness (QED) is 0.644. The standard InChI is InChI=1S/C14H14O4S/c15-12(7-19)13(16)10-5-1-4-9-8(10)3-2-6-11(9)14(17)18/h1-6,12-13,15-16,19H,7H2,(H,17,18). The Hall–Kier alpha value is -1.56. The van der Waals surface area contributed by atoms with Gasteiger partial charge in [0, 0.05) is 5.75 Å². The van der Waals surface area contributed by atoms with Gasteiger partial charge in [0.25, 0.3) is 0 Å². The van der Waals surface area contributed by atoms with Gasteiger partial charge in [-0.2, -0.15) is 12.6 Å². The van der Waals surface area contributed by atoms with E-state index in [2.05, 4.69) is 12.6 Å². The van der Waals surface area contributed by atoms with Gasteiger partial charge in [-0.25, -0.2) is 4.79 Å². The molecule has 2 aromatic rings. The van der Waals surface area contributed by atoms with Crippen molar-refractivity contribution in [3.63, 3.8) is 0 Å². The summed E-state index contributed by atoms with van der Waals surface area (Å²) >= 11 is 3.95. The van der Waals surface area contributed by atoms with Crippen LogP contribution in [0, 0.1) is 0 Å². The Balaban J connectivity index is 2.64. The zero-order valence-electron chi connectivity index (χ0n) is 10.0. The highest BCUT2D eigenvalue weighted by Gasteiger charge is 2.20. The molecule has 0 spiro atoms. The highest BCUT2D eigenvalue weighted by Crippen LogP contribution is 2.28. The Morgan fingerprint density at radius 1 is 1.11 bits per heavy atom. The van der Waals surface area contributed by atoms with Gasteiger partial charge in [0.1, 0.15) is 6.10 Å². The molecule has 3 N–H and O–H groups in total. The van der Waals surface area contributed by atoms with Gasteiger partial charge in [-0.3, -0.25) is 0 Å². The van der Waals surface area contributed by atoms with E-state index < -0.39 is 18.2 Å². The molecule has 0 saturated heterocycles. The maximum absolute atomic E-state index is 11.2. The predicted octanol–water partition coefficient (Wildman–Crippen LogP) is 1.86. The molecule has 2 unspecified atom stereocenters. The Labute approximate surface area is 115 Å². The second kappa shape index (κ2) is 5.61. The number of hydrogen-bond acceptors (Lipinski definition) is 4. The Bertz CT molecular complexity index is 611. The van der Waals surface area contributed by atoms with Crippen molar-refractivity contribution in [2.45, 2.75) is 12.2 Å². The first-order valence-electron chi connectivity index (χ1n) is 5.78. The van der Waals surface area contributed by atoms with E-state index in [0.717, 1.165) is 0 Å². The van der Waals surface area contributed by atoms with Crippen molar-refractivity contribution in [3.05, 3.63) is 47.5 Å². The Kier molecular flexibility index (Phi) is 4.09. The molecule has 19 heavy (non-hydrogen) atoms. The van der Waals surface area contributed by atoms with Crippen LogP contribution in [0.2, 0.25) is 0 Å². The third kappa shape index (κ3) is 2.58. The monoisotopic (exact) mass is 278 g/mol. The zero-order chi connectivity index (χ0) is 14.0. The summed E-state index contributed by atoms with van der Waals surface area (Å²) in [6.45, 7) is 0. The third-order valence-electron chi connectivity index (χ3n) is 3.06. The molecule has 0 bridgehead atoms. The van der Waals surface area contributed by atoms with Gasteiger partial charge in [-0.05, 0) is 22.4 Å². The predicted molar refractivity (Wildman–Crippen MR) is 75.7 cm³/mol. The molecule has 4 nitrogen and oxygen atoms in total. The summed E-state index contributed by atoms with van der Waals surface area (Å²) in [5.41, 5.74) is 0.675. The zero-order valence-corrected chi connectivity index (χ0v) is 10.9. The molecule has 0 amide bonds. The van der Waals surface area contributed by atoms with Gasteiger partial charge in [-0.1, -0.05) is 30.3 Å². The lowest BCUT2D eigenvalue weighted by molar-refractivity contribution is 0.0347. The van der Waals surface area contributed by atoms with Crippen LogP contribution in [0.25, 0.3) is 10.8 Å². The molecule has 2 aromatic carbocycles. The maximum atomic E-state index is 11.2. The van der Waals surface area contributed by atoms with Crippen molar-refractivity contribution in [2.24, 2.45) is 0 Å². The summed E-state index contributed by atoms with van der Waals surface area (Å²) in [6.07, 6.45) is -2.09. The highest BCUT2D eigenvalue weighted by atomic mass is 32.1. The molecule has 0 fully saturated rings. The number of carbonyl (C=O) groups is 1. The van der Waals surface area contributed by atoms with Gasteiger partial charge in [0.15, 0.2) is 0 Å². The van der Waals surface area contributed by atoms with E-state index in [1.54, 1.807) is 30.3 Å². The lowest BCUT2D eigenvalue weighted by Gasteiger charge is -2.18. The molecule has 5 heteroatoms. The van der Waals surface area contributed by atoms with Gasteiger partial charge < -0.3 is 15.3 Å². The molecule has 0 heterocycles. The molecule has 0 aliphatic carbocycles. The average Bonchev–Trinajstić information content (AvgIpc) is 2.44. The lowest BCUT2D eigenvalue weighted by Crippen LogP contribution is -2.20. The SMILES string of the molecule is O=C(O)c1cccc2c(C(O)C(O)CS)cccc12. The van der Waals surface area contributed by atoms with E-state index in [1.165, 1.54) is 6.07 Å². The number of hydrogen-bond donors (Lipinski definition) is 4. The average molecular weight is 278 g/mol. The molecule has 0 aliphatic rings. The molecule has 2 atom stereocenters. The number of rotatable bonds is 4. The van der Waals surface area contributed by atoms with E-state index in [9.17, 15) is 15.0 Å². The molecule has 0 aromatic heterocycles. The van der Waals surface area contributed by atoms with E-state index in [1.807, 2.05) is 0 Å². The first-order chi connectivity index (χ1) is 9.06. The van der Waals surface area contributed by atoms with Crippen molar-refractivity contribution >= 4 is 29.4 Å². The summed E-state index contributed by atoms with van der Waals surface area (Å²) in [4.78, 5) is 11.2. The summed E-state index contributed by atoms with van der Waals surface area (Å²) < 4.78 is 0. The van der Waals surface area contributed by atoms with Crippen molar-refractivity contribution in [2.75, 3.05) is 5.75 Å². The molecule has 0 saturated carbocycles. The normalized spacial score (nSPS) is 14.3. The lowest BCUT2D eigenvalue weighted by atomic mass is 9.95. The van der Waals surface area contributed by atoms with Gasteiger partial charge in [0.05, 0.1) is 11.7 Å². The fraction of sp³-hybridized carbons (Fsp3) is 0.214. The number of carboxylic acids is 1. The topological polar surface area (TPSA) is 77.8 Å². The summed E-state index contributed by atoms with van der Waals surface area (Å²) in [7, 11) is 0. The van der Waals surface area contributed by atoms with E-state index >= 15 is 0 Å². The number of aromatic carboxylic acids is 1. The van der Waals surface area contributed by atoms with E-state index in [-0.39, 0.29) is 11.3 Å². The van der Waals surface area contributed by atoms with Crippen LogP contribution in [-0.4, -0.2) is 33.1 Å². The van der Waals surface area contributed by atoms with Crippen molar-refractivity contribution in [3.8, 4) is 0 Å². The van der Waals surface area contributed by atoms with Crippen LogP contribution < -0.4 is 0 Å². The van der Waals surface area contributed by atoms with Crippen LogP contribution in [0.1, 0.15) is 22.0 Å². The minimum absolute atomic E-state index is 0.121. The van der Waals surface area contributed by atoms with Crippen LogP contribution in [0.3, 0.4) is 0 Å². The minimum atomic E-state index is -1.09. The van der Waals surface area contributed by atoms with Crippen LogP contribution >= 0.6 is 12.6 Å². The van der Waals surface area contributed by atoms with Crippen molar-refractivity contribution in [1.29, 1.82) is 0 Å². The van der Waals surface area contributed by atoms with Crippen molar-refractivity contribution < 1.29 is 20.1 Å². The molecular formula is C14H14O4S. The van der Waals surface area contributed by atoms with Crippen molar-refractivity contribution in [1.82, 2.24) is 0 Å². The second-order valence-corrected chi connectivity index (χ2v) is 4.61. The first kappa shape index (κ1) is 13.9. The smallest absolute Gasteiger partial charge is 0.336 e. The molecule has 0 radical (unpaired) electrons. The number of benzene rings is 2. The van der Waals surface area contributed by atoms with Crippen LogP contribution in [0.5, 0.6) is 0 Å². The van der Waals surface area contributed by atoms with E-state index in [0.29, 0.717) is 16.3 Å². The van der Waals surface area contributed by atoms with Crippen LogP contribution in [0.15, 0.2) is 36.4 Å². The van der Waals surface area contributed by atoms with Crippen LogP contribution in [0.4, 0.5) is 0 Å². The number of carboxylic acid groups (broad SMARTS) is 1. The Morgan fingerprint density at radius 3 is 2.37 bits per heavy atom. The third-order valence-corrected chi connectivity index (χ3v) is 3.43. The number of aliphatic hydroxyl groups excluding tert-OH is 2. The molecule has 0 aliphatic heterocycles. The van der Waals surface area contributed by atoms with E-state index in [4.69, 9.17) is 5.11 Å². The number of aliphatic hydroxyl groups is 2. The van der Waals surface area contributed by atoms with Gasteiger partial charge in [0.2, 0.25) is 0 Å². The molecular weight excluding hydrogens is 264 g/mol. The molecule has 2 rings (SSSR count).